The van der Waals surface area contributed by atoms with Gasteiger partial charge in [-0.05, 0) is 68.3 Å². The summed E-state index contributed by atoms with van der Waals surface area (Å²) in [5.41, 5.74) is 2.18. The number of carbonyl (C=O) groups is 1. The number of carbonyl (C=O) groups excluding carboxylic acids is 1. The van der Waals surface area contributed by atoms with Crippen molar-refractivity contribution < 1.29 is 9.53 Å². The normalized spacial score (nSPS) is 11.6. The maximum Gasteiger partial charge on any atom is 0.299 e. The molecular formula is C28H27ClN4O3. The maximum atomic E-state index is 13.6. The van der Waals surface area contributed by atoms with E-state index in [0.29, 0.717) is 27.7 Å². The third-order valence-electron chi connectivity index (χ3n) is 5.63. The van der Waals surface area contributed by atoms with Crippen molar-refractivity contribution in [3.05, 3.63) is 105 Å². The summed E-state index contributed by atoms with van der Waals surface area (Å²) in [7, 11) is 0. The number of benzene rings is 3. The summed E-state index contributed by atoms with van der Waals surface area (Å²) < 4.78 is 7.27. The Bertz CT molecular complexity index is 1450. The van der Waals surface area contributed by atoms with Crippen molar-refractivity contribution in [2.75, 3.05) is 5.32 Å². The molecule has 0 bridgehead atoms. The fraction of sp³-hybridized carbons (Fsp3) is 0.179. The highest BCUT2D eigenvalue weighted by Crippen LogP contribution is 2.30. The second kappa shape index (κ2) is 11.1. The molecule has 1 aromatic heterocycles. The van der Waals surface area contributed by atoms with Gasteiger partial charge in [-0.25, -0.2) is 0 Å². The van der Waals surface area contributed by atoms with Crippen LogP contribution in [-0.4, -0.2) is 21.7 Å². The van der Waals surface area contributed by atoms with Crippen LogP contribution in [0.3, 0.4) is 0 Å². The van der Waals surface area contributed by atoms with E-state index in [9.17, 15) is 9.59 Å². The molecule has 0 aliphatic carbocycles. The summed E-state index contributed by atoms with van der Waals surface area (Å²) in [5, 5.41) is 10.8. The zero-order valence-electron chi connectivity index (χ0n) is 20.3. The highest BCUT2D eigenvalue weighted by atomic mass is 35.5. The van der Waals surface area contributed by atoms with Gasteiger partial charge >= 0.3 is 0 Å². The molecule has 0 aliphatic heterocycles. The number of amides is 1. The minimum atomic E-state index is -0.456. The Morgan fingerprint density at radius 2 is 1.86 bits per heavy atom. The average Bonchev–Trinajstić information content (AvgIpc) is 2.87. The van der Waals surface area contributed by atoms with Crippen LogP contribution >= 0.6 is 11.6 Å². The molecule has 4 aromatic rings. The lowest BCUT2D eigenvalue weighted by molar-refractivity contribution is 0.0939. The smallest absolute Gasteiger partial charge is 0.299 e. The van der Waals surface area contributed by atoms with Crippen LogP contribution in [0, 0.1) is 6.92 Å². The summed E-state index contributed by atoms with van der Waals surface area (Å²) >= 11 is 6.34. The van der Waals surface area contributed by atoms with Gasteiger partial charge in [0.15, 0.2) is 11.4 Å². The average molecular weight is 503 g/mol. The molecule has 36 heavy (non-hydrogen) atoms. The zero-order valence-corrected chi connectivity index (χ0v) is 21.0. The third-order valence-corrected chi connectivity index (χ3v) is 5.94. The molecule has 0 fully saturated rings. The Hall–Kier alpha value is -4.10. The number of aromatic nitrogens is 2. The second-order valence-corrected chi connectivity index (χ2v) is 8.87. The molecule has 0 aliphatic rings. The van der Waals surface area contributed by atoms with Crippen molar-refractivity contribution in [3.8, 4) is 17.2 Å². The molecule has 1 heterocycles. The fourth-order valence-corrected chi connectivity index (χ4v) is 3.74. The zero-order chi connectivity index (χ0) is 25.7. The molecule has 8 heteroatoms. The Morgan fingerprint density at radius 3 is 2.61 bits per heavy atom. The SMILES string of the molecule is CC[C@H](C)NC(=O)c1cccc(Nc2c(Oc3cccc(C)c3)cnn(-c3ccccc3Cl)c2=O)c1. The van der Waals surface area contributed by atoms with Crippen LogP contribution in [0.5, 0.6) is 11.5 Å². The van der Waals surface area contributed by atoms with Gasteiger partial charge in [-0.15, -0.1) is 0 Å². The quantitative estimate of drug-likeness (QED) is 0.297. The summed E-state index contributed by atoms with van der Waals surface area (Å²) in [4.78, 5) is 26.3. The first-order valence-corrected chi connectivity index (χ1v) is 12.0. The van der Waals surface area contributed by atoms with Gasteiger partial charge in [-0.3, -0.25) is 9.59 Å². The number of hydrogen-bond acceptors (Lipinski definition) is 5. The van der Waals surface area contributed by atoms with E-state index in [1.165, 1.54) is 10.9 Å². The van der Waals surface area contributed by atoms with Gasteiger partial charge in [0.05, 0.1) is 16.9 Å². The Balaban J connectivity index is 1.76. The van der Waals surface area contributed by atoms with Crippen LogP contribution in [0.2, 0.25) is 5.02 Å². The number of halogens is 1. The standard InChI is InChI=1S/C28H27ClN4O3/c1-4-19(3)31-27(34)20-10-8-11-21(16-20)32-26-25(36-22-12-7-9-18(2)15-22)17-30-33(28(26)35)24-14-6-5-13-23(24)29/h5-17,19,32H,4H2,1-3H3,(H,31,34)/t19-/m0/s1. The number of nitrogens with one attached hydrogen (secondary N) is 2. The first kappa shape index (κ1) is 25.0. The Labute approximate surface area is 214 Å². The van der Waals surface area contributed by atoms with Crippen molar-refractivity contribution >= 4 is 28.9 Å². The van der Waals surface area contributed by atoms with E-state index in [1.807, 2.05) is 39.0 Å². The highest BCUT2D eigenvalue weighted by molar-refractivity contribution is 6.32. The van der Waals surface area contributed by atoms with Gasteiger partial charge < -0.3 is 15.4 Å². The molecule has 3 aromatic carbocycles. The Kier molecular flexibility index (Phi) is 7.71. The van der Waals surface area contributed by atoms with Crippen LogP contribution in [0.15, 0.2) is 83.8 Å². The van der Waals surface area contributed by atoms with Gasteiger partial charge in [-0.1, -0.05) is 48.9 Å². The molecule has 184 valence electrons. The molecule has 2 N–H and O–H groups in total. The number of rotatable bonds is 8. The number of ether oxygens (including phenoxy) is 1. The van der Waals surface area contributed by atoms with E-state index in [0.717, 1.165) is 12.0 Å². The summed E-state index contributed by atoms with van der Waals surface area (Å²) in [6, 6.07) is 21.4. The lowest BCUT2D eigenvalue weighted by atomic mass is 10.1. The number of hydrogen-bond donors (Lipinski definition) is 2. The molecule has 1 amide bonds. The first-order chi connectivity index (χ1) is 17.4. The molecule has 1 atom stereocenters. The van der Waals surface area contributed by atoms with E-state index in [4.69, 9.17) is 16.3 Å². The van der Waals surface area contributed by atoms with Crippen LogP contribution in [0.1, 0.15) is 36.2 Å². The summed E-state index contributed by atoms with van der Waals surface area (Å²) in [5.74, 6) is 0.618. The van der Waals surface area contributed by atoms with Crippen LogP contribution in [0.25, 0.3) is 5.69 Å². The van der Waals surface area contributed by atoms with Gasteiger partial charge in [-0.2, -0.15) is 9.78 Å². The number of para-hydroxylation sites is 1. The second-order valence-electron chi connectivity index (χ2n) is 8.46. The van der Waals surface area contributed by atoms with E-state index >= 15 is 0 Å². The molecule has 7 nitrogen and oxygen atoms in total. The van der Waals surface area contributed by atoms with Gasteiger partial charge in [0, 0.05) is 17.3 Å². The van der Waals surface area contributed by atoms with Crippen LogP contribution in [0.4, 0.5) is 11.4 Å². The van der Waals surface area contributed by atoms with E-state index in [1.54, 1.807) is 54.6 Å². The fourth-order valence-electron chi connectivity index (χ4n) is 3.52. The third kappa shape index (κ3) is 5.75. The molecular weight excluding hydrogens is 476 g/mol. The Morgan fingerprint density at radius 1 is 1.08 bits per heavy atom. The van der Waals surface area contributed by atoms with Crippen molar-refractivity contribution in [1.82, 2.24) is 15.1 Å². The lowest BCUT2D eigenvalue weighted by Crippen LogP contribution is -2.31. The first-order valence-electron chi connectivity index (χ1n) is 11.7. The number of nitrogens with zero attached hydrogens (tertiary/aromatic N) is 2. The predicted octanol–water partition coefficient (Wildman–Crippen LogP) is 6.26. The maximum absolute atomic E-state index is 13.6. The van der Waals surface area contributed by atoms with Crippen molar-refractivity contribution in [2.45, 2.75) is 33.2 Å². The van der Waals surface area contributed by atoms with E-state index < -0.39 is 5.56 Å². The monoisotopic (exact) mass is 502 g/mol. The van der Waals surface area contributed by atoms with Gasteiger partial charge in [0.2, 0.25) is 0 Å². The largest absolute Gasteiger partial charge is 0.453 e. The topological polar surface area (TPSA) is 85.2 Å². The lowest BCUT2D eigenvalue weighted by Gasteiger charge is -2.16. The van der Waals surface area contributed by atoms with Crippen molar-refractivity contribution in [2.24, 2.45) is 0 Å². The minimum absolute atomic E-state index is 0.0477. The van der Waals surface area contributed by atoms with Crippen molar-refractivity contribution in [3.63, 3.8) is 0 Å². The number of aryl methyl sites for hydroxylation is 1. The highest BCUT2D eigenvalue weighted by Gasteiger charge is 2.17. The molecule has 0 saturated heterocycles. The number of anilines is 2. The molecule has 0 spiro atoms. The molecule has 0 unspecified atom stereocenters. The molecule has 0 radical (unpaired) electrons. The molecule has 4 rings (SSSR count). The minimum Gasteiger partial charge on any atom is -0.453 e. The van der Waals surface area contributed by atoms with Crippen LogP contribution in [-0.2, 0) is 0 Å². The molecule has 0 saturated carbocycles. The van der Waals surface area contributed by atoms with Gasteiger partial charge in [0.1, 0.15) is 5.75 Å². The van der Waals surface area contributed by atoms with Gasteiger partial charge in [0.25, 0.3) is 11.5 Å². The van der Waals surface area contributed by atoms with E-state index in [2.05, 4.69) is 15.7 Å². The van der Waals surface area contributed by atoms with Crippen molar-refractivity contribution in [1.29, 1.82) is 0 Å². The van der Waals surface area contributed by atoms with Crippen LogP contribution < -0.4 is 20.9 Å². The summed E-state index contributed by atoms with van der Waals surface area (Å²) in [6.07, 6.45) is 2.29. The van der Waals surface area contributed by atoms with E-state index in [-0.39, 0.29) is 23.4 Å². The predicted molar refractivity (Wildman–Crippen MR) is 143 cm³/mol. The summed E-state index contributed by atoms with van der Waals surface area (Å²) in [6.45, 7) is 5.91.